The van der Waals surface area contributed by atoms with Gasteiger partial charge in [0.2, 0.25) is 0 Å². The molecule has 1 fully saturated rings. The highest BCUT2D eigenvalue weighted by atomic mass is 16.2. The Morgan fingerprint density at radius 3 is 2.53 bits per heavy atom. The number of urea groups is 1. The number of nitrogens with zero attached hydrogens (tertiary/aromatic N) is 1. The van der Waals surface area contributed by atoms with E-state index in [1.54, 1.807) is 0 Å². The number of hydrogen-bond donors (Lipinski definition) is 4. The Labute approximate surface area is 225 Å². The van der Waals surface area contributed by atoms with Crippen molar-refractivity contribution < 1.29 is 4.79 Å². The fraction of sp³-hybridized carbons (Fsp3) is 0.281. The number of H-pyrrole nitrogens is 1. The van der Waals surface area contributed by atoms with Crippen molar-refractivity contribution in [2.75, 3.05) is 38.0 Å². The molecule has 38 heavy (non-hydrogen) atoms. The Morgan fingerprint density at radius 1 is 0.974 bits per heavy atom. The Bertz CT molecular complexity index is 1400. The van der Waals surface area contributed by atoms with Gasteiger partial charge in [-0.3, -0.25) is 0 Å². The molecule has 0 aliphatic carbocycles. The van der Waals surface area contributed by atoms with Crippen LogP contribution in [-0.2, 0) is 19.3 Å². The molecule has 196 valence electrons. The molecule has 6 nitrogen and oxygen atoms in total. The molecule has 0 saturated carbocycles. The van der Waals surface area contributed by atoms with E-state index in [0.29, 0.717) is 6.54 Å². The Balaban J connectivity index is 1.34. The summed E-state index contributed by atoms with van der Waals surface area (Å²) in [5.41, 5.74) is 8.90. The van der Waals surface area contributed by atoms with E-state index in [1.165, 1.54) is 27.6 Å². The van der Waals surface area contributed by atoms with Crippen LogP contribution in [0.4, 0.5) is 10.5 Å². The second-order valence-electron chi connectivity index (χ2n) is 9.86. The first-order chi connectivity index (χ1) is 18.6. The molecule has 2 amide bonds. The average Bonchev–Trinajstić information content (AvgIpc) is 3.37. The molecular weight excluding hydrogens is 470 g/mol. The van der Waals surface area contributed by atoms with Crippen molar-refractivity contribution in [3.8, 4) is 0 Å². The van der Waals surface area contributed by atoms with Crippen molar-refractivity contribution in [1.82, 2.24) is 20.5 Å². The zero-order chi connectivity index (χ0) is 26.3. The molecule has 1 saturated heterocycles. The number of aromatic amines is 1. The van der Waals surface area contributed by atoms with Crippen LogP contribution < -0.4 is 16.0 Å². The molecule has 6 heteroatoms. The summed E-state index contributed by atoms with van der Waals surface area (Å²) < 4.78 is 0. The van der Waals surface area contributed by atoms with Crippen molar-refractivity contribution in [3.63, 3.8) is 0 Å². The third-order valence-corrected chi connectivity index (χ3v) is 7.36. The summed E-state index contributed by atoms with van der Waals surface area (Å²) in [5, 5.41) is 10.8. The highest BCUT2D eigenvalue weighted by molar-refractivity contribution is 5.91. The molecule has 1 aliphatic heterocycles. The number of nitrogens with one attached hydrogen (secondary N) is 4. The second kappa shape index (κ2) is 12.0. The maximum absolute atomic E-state index is 13.0. The van der Waals surface area contributed by atoms with Crippen molar-refractivity contribution >= 4 is 28.3 Å². The number of rotatable bonds is 9. The molecule has 1 aliphatic rings. The number of benzene rings is 3. The van der Waals surface area contributed by atoms with Gasteiger partial charge in [0, 0.05) is 66.8 Å². The molecular formula is C32H37N5O. The predicted octanol–water partition coefficient (Wildman–Crippen LogP) is 5.56. The Hall–Kier alpha value is -4.03. The van der Waals surface area contributed by atoms with Gasteiger partial charge in [0.1, 0.15) is 0 Å². The first kappa shape index (κ1) is 25.6. The number of anilines is 1. The molecule has 4 N–H and O–H groups in total. The number of aryl methyl sites for hydroxylation is 1. The zero-order valence-corrected chi connectivity index (χ0v) is 22.1. The topological polar surface area (TPSA) is 72.2 Å². The summed E-state index contributed by atoms with van der Waals surface area (Å²) in [5.74, 6) is 0. The minimum Gasteiger partial charge on any atom is -0.369 e. The van der Waals surface area contributed by atoms with Gasteiger partial charge in [-0.15, -0.1) is 0 Å². The lowest BCUT2D eigenvalue weighted by atomic mass is 9.94. The molecule has 5 rings (SSSR count). The number of amides is 2. The largest absolute Gasteiger partial charge is 0.369 e. The smallest absolute Gasteiger partial charge is 0.319 e. The molecule has 0 unspecified atom stereocenters. The third-order valence-electron chi connectivity index (χ3n) is 7.36. The van der Waals surface area contributed by atoms with Crippen molar-refractivity contribution in [1.29, 1.82) is 0 Å². The van der Waals surface area contributed by atoms with Gasteiger partial charge in [-0.25, -0.2) is 4.79 Å². The molecule has 0 radical (unpaired) electrons. The SMILES string of the molecule is C=C(c1cc(Cc2ccccc2)c(NC(=O)NCCc2c[nH]c3ccccc23)cc1CC)N1CCNCC1. The Morgan fingerprint density at radius 2 is 1.74 bits per heavy atom. The summed E-state index contributed by atoms with van der Waals surface area (Å²) in [6, 6.07) is 22.8. The molecule has 0 atom stereocenters. The van der Waals surface area contributed by atoms with Crippen LogP contribution >= 0.6 is 0 Å². The number of para-hydroxylation sites is 1. The van der Waals surface area contributed by atoms with E-state index in [4.69, 9.17) is 0 Å². The lowest BCUT2D eigenvalue weighted by Gasteiger charge is -2.32. The van der Waals surface area contributed by atoms with Crippen molar-refractivity contribution in [2.45, 2.75) is 26.2 Å². The zero-order valence-electron chi connectivity index (χ0n) is 22.1. The van der Waals surface area contributed by atoms with Gasteiger partial charge in [0.25, 0.3) is 0 Å². The number of aromatic nitrogens is 1. The number of hydrogen-bond acceptors (Lipinski definition) is 3. The van der Waals surface area contributed by atoms with Crippen LogP contribution in [0.3, 0.4) is 0 Å². The lowest BCUT2D eigenvalue weighted by Crippen LogP contribution is -2.42. The van der Waals surface area contributed by atoms with E-state index in [9.17, 15) is 4.79 Å². The van der Waals surface area contributed by atoms with Gasteiger partial charge in [-0.1, -0.05) is 62.0 Å². The van der Waals surface area contributed by atoms with Gasteiger partial charge in [-0.2, -0.15) is 0 Å². The first-order valence-corrected chi connectivity index (χ1v) is 13.6. The van der Waals surface area contributed by atoms with Crippen LogP contribution in [0, 0.1) is 0 Å². The fourth-order valence-corrected chi connectivity index (χ4v) is 5.25. The van der Waals surface area contributed by atoms with Crippen LogP contribution in [0.5, 0.6) is 0 Å². The van der Waals surface area contributed by atoms with E-state index < -0.39 is 0 Å². The summed E-state index contributed by atoms with van der Waals surface area (Å²) in [6.07, 6.45) is 4.39. The Kier molecular flexibility index (Phi) is 8.09. The molecule has 2 heterocycles. The van der Waals surface area contributed by atoms with Crippen LogP contribution in [0.2, 0.25) is 0 Å². The van der Waals surface area contributed by atoms with Crippen molar-refractivity contribution in [2.24, 2.45) is 0 Å². The second-order valence-corrected chi connectivity index (χ2v) is 9.86. The summed E-state index contributed by atoms with van der Waals surface area (Å²) in [7, 11) is 0. The molecule has 0 bridgehead atoms. The standard InChI is InChI=1S/C32H37N5O/c1-3-25-21-31(36-32(38)34-14-13-26-22-35-30-12-8-7-11-28(26)30)27(19-24-9-5-4-6-10-24)20-29(25)23(2)37-17-15-33-16-18-37/h4-12,20-22,33,35H,2-3,13-19H2,1H3,(H2,34,36,38). The van der Waals surface area contributed by atoms with Crippen LogP contribution in [0.1, 0.15) is 34.7 Å². The third kappa shape index (κ3) is 5.92. The monoisotopic (exact) mass is 507 g/mol. The summed E-state index contributed by atoms with van der Waals surface area (Å²) in [4.78, 5) is 18.7. The molecule has 4 aromatic rings. The quantitative estimate of drug-likeness (QED) is 0.240. The van der Waals surface area contributed by atoms with E-state index in [1.807, 2.05) is 24.4 Å². The fourth-order valence-electron chi connectivity index (χ4n) is 5.25. The summed E-state index contributed by atoms with van der Waals surface area (Å²) in [6.45, 7) is 11.0. The normalized spacial score (nSPS) is 13.4. The van der Waals surface area contributed by atoms with E-state index >= 15 is 0 Å². The van der Waals surface area contributed by atoms with Crippen LogP contribution in [0.15, 0.2) is 79.5 Å². The highest BCUT2D eigenvalue weighted by Gasteiger charge is 2.18. The van der Waals surface area contributed by atoms with Crippen molar-refractivity contribution in [3.05, 3.63) is 107 Å². The van der Waals surface area contributed by atoms with E-state index in [0.717, 1.165) is 67.9 Å². The first-order valence-electron chi connectivity index (χ1n) is 13.6. The van der Waals surface area contributed by atoms with Gasteiger partial charge >= 0.3 is 6.03 Å². The predicted molar refractivity (Wildman–Crippen MR) is 158 cm³/mol. The van der Waals surface area contributed by atoms with Crippen LogP contribution in [0.25, 0.3) is 16.6 Å². The van der Waals surface area contributed by atoms with Crippen LogP contribution in [-0.4, -0.2) is 48.6 Å². The lowest BCUT2D eigenvalue weighted by molar-refractivity contribution is 0.252. The van der Waals surface area contributed by atoms with E-state index in [2.05, 4.69) is 87.9 Å². The van der Waals surface area contributed by atoms with Gasteiger partial charge < -0.3 is 25.8 Å². The number of piperazine rings is 1. The summed E-state index contributed by atoms with van der Waals surface area (Å²) >= 11 is 0. The number of carbonyl (C=O) groups excluding carboxylic acids is 1. The maximum atomic E-state index is 13.0. The molecule has 1 aromatic heterocycles. The van der Waals surface area contributed by atoms with E-state index in [-0.39, 0.29) is 6.03 Å². The molecule has 3 aromatic carbocycles. The maximum Gasteiger partial charge on any atom is 0.319 e. The highest BCUT2D eigenvalue weighted by Crippen LogP contribution is 2.30. The van der Waals surface area contributed by atoms with Gasteiger partial charge in [0.05, 0.1) is 0 Å². The average molecular weight is 508 g/mol. The van der Waals surface area contributed by atoms with Gasteiger partial charge in [0.15, 0.2) is 0 Å². The minimum absolute atomic E-state index is 0.185. The van der Waals surface area contributed by atoms with Gasteiger partial charge in [-0.05, 0) is 59.7 Å². The number of carbonyl (C=O) groups is 1. The minimum atomic E-state index is -0.185. The molecule has 0 spiro atoms. The number of fused-ring (bicyclic) bond motifs is 1.